The highest BCUT2D eigenvalue weighted by Crippen LogP contribution is 2.18. The molecule has 0 radical (unpaired) electrons. The molecule has 0 fully saturated rings. The largest absolute Gasteiger partial charge is 0.481 e. The number of pyridine rings is 1. The summed E-state index contributed by atoms with van der Waals surface area (Å²) < 4.78 is 2.01. The second kappa shape index (κ2) is 7.78. The number of aromatic nitrogens is 4. The van der Waals surface area contributed by atoms with Crippen LogP contribution in [-0.4, -0.2) is 36.6 Å². The smallest absolute Gasteiger partial charge is 0.313 e. The molecule has 0 aromatic carbocycles. The molecule has 0 amide bonds. The minimum absolute atomic E-state index is 0.00207. The number of aryl methyl sites for hydroxylation is 2. The molecule has 7 heteroatoms. The maximum absolute atomic E-state index is 10.7. The summed E-state index contributed by atoms with van der Waals surface area (Å²) in [4.78, 5) is 15.0. The molecule has 0 aliphatic heterocycles. The Bertz CT molecular complexity index is 586. The summed E-state index contributed by atoms with van der Waals surface area (Å²) in [6.07, 6.45) is 4.28. The monoisotopic (exact) mass is 306 g/mol. The SMILES string of the molecule is CCCn1c(CCc2ccccn2)nnc1SCC(=O)O. The third-order valence-electron chi connectivity index (χ3n) is 2.90. The van der Waals surface area contributed by atoms with E-state index in [1.54, 1.807) is 6.20 Å². The van der Waals surface area contributed by atoms with Crippen LogP contribution in [0.3, 0.4) is 0 Å². The molecule has 0 spiro atoms. The number of hydrogen-bond donors (Lipinski definition) is 1. The highest BCUT2D eigenvalue weighted by Gasteiger charge is 2.13. The van der Waals surface area contributed by atoms with Crippen molar-refractivity contribution < 1.29 is 9.90 Å². The summed E-state index contributed by atoms with van der Waals surface area (Å²) in [5.41, 5.74) is 1.02. The van der Waals surface area contributed by atoms with Gasteiger partial charge in [-0.3, -0.25) is 9.78 Å². The van der Waals surface area contributed by atoms with Crippen molar-refractivity contribution in [2.24, 2.45) is 0 Å². The van der Waals surface area contributed by atoms with Gasteiger partial charge < -0.3 is 9.67 Å². The first-order valence-electron chi connectivity index (χ1n) is 6.87. The van der Waals surface area contributed by atoms with Gasteiger partial charge in [0, 0.05) is 24.9 Å². The molecule has 2 heterocycles. The Labute approximate surface area is 127 Å². The maximum atomic E-state index is 10.7. The Hall–Kier alpha value is -1.89. The van der Waals surface area contributed by atoms with Crippen molar-refractivity contribution in [3.8, 4) is 0 Å². The molecular weight excluding hydrogens is 288 g/mol. The van der Waals surface area contributed by atoms with Gasteiger partial charge in [-0.25, -0.2) is 0 Å². The van der Waals surface area contributed by atoms with Crippen LogP contribution in [0.1, 0.15) is 24.9 Å². The molecule has 0 saturated heterocycles. The van der Waals surface area contributed by atoms with E-state index in [0.29, 0.717) is 5.16 Å². The van der Waals surface area contributed by atoms with E-state index in [9.17, 15) is 4.79 Å². The summed E-state index contributed by atoms with van der Waals surface area (Å²) in [7, 11) is 0. The van der Waals surface area contributed by atoms with Gasteiger partial charge in [-0.2, -0.15) is 0 Å². The zero-order chi connectivity index (χ0) is 15.1. The van der Waals surface area contributed by atoms with Crippen LogP contribution >= 0.6 is 11.8 Å². The molecule has 112 valence electrons. The van der Waals surface area contributed by atoms with E-state index in [2.05, 4.69) is 22.1 Å². The van der Waals surface area contributed by atoms with E-state index in [1.807, 2.05) is 22.8 Å². The third kappa shape index (κ3) is 4.56. The fourth-order valence-corrected chi connectivity index (χ4v) is 2.67. The average Bonchev–Trinajstić information content (AvgIpc) is 2.87. The van der Waals surface area contributed by atoms with Crippen molar-refractivity contribution in [1.29, 1.82) is 0 Å². The lowest BCUT2D eigenvalue weighted by molar-refractivity contribution is -0.133. The molecule has 0 saturated carbocycles. The number of thioether (sulfide) groups is 1. The highest BCUT2D eigenvalue weighted by molar-refractivity contribution is 7.99. The van der Waals surface area contributed by atoms with E-state index >= 15 is 0 Å². The summed E-state index contributed by atoms with van der Waals surface area (Å²) >= 11 is 1.21. The quantitative estimate of drug-likeness (QED) is 0.752. The minimum atomic E-state index is -0.846. The van der Waals surface area contributed by atoms with Crippen LogP contribution in [0.25, 0.3) is 0 Å². The standard InChI is InChI=1S/C14H18N4O2S/c1-2-9-18-12(7-6-11-5-3-4-8-15-11)16-17-14(18)21-10-13(19)20/h3-5,8H,2,6-7,9-10H2,1H3,(H,19,20). The number of nitrogens with zero attached hydrogens (tertiary/aromatic N) is 4. The first kappa shape index (κ1) is 15.5. The molecule has 21 heavy (non-hydrogen) atoms. The molecule has 2 aromatic heterocycles. The van der Waals surface area contributed by atoms with Gasteiger partial charge in [0.1, 0.15) is 5.82 Å². The predicted octanol–water partition coefficient (Wildman–Crippen LogP) is 2.04. The fourth-order valence-electron chi connectivity index (χ4n) is 1.97. The van der Waals surface area contributed by atoms with Crippen LogP contribution in [0.5, 0.6) is 0 Å². The van der Waals surface area contributed by atoms with Crippen molar-refractivity contribution in [3.63, 3.8) is 0 Å². The third-order valence-corrected chi connectivity index (χ3v) is 3.85. The Morgan fingerprint density at radius 3 is 2.86 bits per heavy atom. The van der Waals surface area contributed by atoms with Gasteiger partial charge in [0.2, 0.25) is 0 Å². The highest BCUT2D eigenvalue weighted by atomic mass is 32.2. The van der Waals surface area contributed by atoms with Crippen LogP contribution < -0.4 is 0 Å². The van der Waals surface area contributed by atoms with Crippen molar-refractivity contribution in [2.45, 2.75) is 37.9 Å². The lowest BCUT2D eigenvalue weighted by Gasteiger charge is -2.08. The molecule has 2 aromatic rings. The van der Waals surface area contributed by atoms with Crippen LogP contribution in [0.2, 0.25) is 0 Å². The molecule has 0 bridgehead atoms. The Morgan fingerprint density at radius 2 is 2.19 bits per heavy atom. The second-order valence-electron chi connectivity index (χ2n) is 4.55. The zero-order valence-electron chi connectivity index (χ0n) is 11.9. The molecular formula is C14H18N4O2S. The molecule has 2 rings (SSSR count). The number of carboxylic acids is 1. The summed E-state index contributed by atoms with van der Waals surface area (Å²) in [6, 6.07) is 5.84. The lowest BCUT2D eigenvalue weighted by atomic mass is 10.2. The van der Waals surface area contributed by atoms with E-state index in [4.69, 9.17) is 5.11 Å². The van der Waals surface area contributed by atoms with E-state index in [0.717, 1.165) is 37.3 Å². The van der Waals surface area contributed by atoms with Gasteiger partial charge in [-0.05, 0) is 25.0 Å². The number of aliphatic carboxylic acids is 1. The van der Waals surface area contributed by atoms with Crippen LogP contribution in [0, 0.1) is 0 Å². The van der Waals surface area contributed by atoms with Crippen molar-refractivity contribution in [2.75, 3.05) is 5.75 Å². The first-order chi connectivity index (χ1) is 10.2. The van der Waals surface area contributed by atoms with Gasteiger partial charge >= 0.3 is 5.97 Å². The molecule has 0 aliphatic rings. The predicted molar refractivity (Wildman–Crippen MR) is 80.3 cm³/mol. The molecule has 0 unspecified atom stereocenters. The summed E-state index contributed by atoms with van der Waals surface area (Å²) in [5.74, 6) is 0.0405. The lowest BCUT2D eigenvalue weighted by Crippen LogP contribution is -2.08. The molecule has 0 aliphatic carbocycles. The van der Waals surface area contributed by atoms with Crippen LogP contribution in [0.4, 0.5) is 0 Å². The normalized spacial score (nSPS) is 10.7. The number of carbonyl (C=O) groups is 1. The summed E-state index contributed by atoms with van der Waals surface area (Å²) in [6.45, 7) is 2.88. The van der Waals surface area contributed by atoms with Crippen LogP contribution in [-0.2, 0) is 24.2 Å². The van der Waals surface area contributed by atoms with Crippen molar-refractivity contribution in [1.82, 2.24) is 19.7 Å². The van der Waals surface area contributed by atoms with Gasteiger partial charge in [0.15, 0.2) is 5.16 Å². The number of carboxylic acid groups (broad SMARTS) is 1. The van der Waals surface area contributed by atoms with Gasteiger partial charge in [0.05, 0.1) is 5.75 Å². The van der Waals surface area contributed by atoms with Gasteiger partial charge in [-0.1, -0.05) is 24.8 Å². The van der Waals surface area contributed by atoms with E-state index < -0.39 is 5.97 Å². The topological polar surface area (TPSA) is 80.9 Å². The second-order valence-corrected chi connectivity index (χ2v) is 5.50. The minimum Gasteiger partial charge on any atom is -0.481 e. The molecule has 1 N–H and O–H groups in total. The first-order valence-corrected chi connectivity index (χ1v) is 7.86. The summed E-state index contributed by atoms with van der Waals surface area (Å²) in [5, 5.41) is 17.8. The van der Waals surface area contributed by atoms with E-state index in [-0.39, 0.29) is 5.75 Å². The fraction of sp³-hybridized carbons (Fsp3) is 0.429. The number of hydrogen-bond acceptors (Lipinski definition) is 5. The Kier molecular flexibility index (Phi) is 5.74. The van der Waals surface area contributed by atoms with Crippen LogP contribution in [0.15, 0.2) is 29.6 Å². The van der Waals surface area contributed by atoms with Gasteiger partial charge in [-0.15, -0.1) is 10.2 Å². The molecule has 6 nitrogen and oxygen atoms in total. The van der Waals surface area contributed by atoms with Gasteiger partial charge in [0.25, 0.3) is 0 Å². The van der Waals surface area contributed by atoms with Crippen molar-refractivity contribution in [3.05, 3.63) is 35.9 Å². The Morgan fingerprint density at radius 1 is 1.33 bits per heavy atom. The zero-order valence-corrected chi connectivity index (χ0v) is 12.7. The molecule has 0 atom stereocenters. The number of rotatable bonds is 8. The maximum Gasteiger partial charge on any atom is 0.313 e. The van der Waals surface area contributed by atoms with E-state index in [1.165, 1.54) is 11.8 Å². The average molecular weight is 306 g/mol. The Balaban J connectivity index is 2.06. The van der Waals surface area contributed by atoms with Crippen molar-refractivity contribution >= 4 is 17.7 Å².